The Kier molecular flexibility index (Phi) is 5.35. The lowest BCUT2D eigenvalue weighted by atomic mass is 10.2. The Morgan fingerprint density at radius 1 is 1.47 bits per heavy atom. The highest BCUT2D eigenvalue weighted by Gasteiger charge is 2.06. The number of rotatable bonds is 4. The van der Waals surface area contributed by atoms with E-state index in [4.69, 9.17) is 12.2 Å². The molecule has 1 aromatic rings. The van der Waals surface area contributed by atoms with Gasteiger partial charge in [0.1, 0.15) is 0 Å². The average molecular weight is 251 g/mol. The first-order valence-electron chi connectivity index (χ1n) is 5.90. The lowest BCUT2D eigenvalue weighted by molar-refractivity contribution is 0.473. The van der Waals surface area contributed by atoms with Crippen LogP contribution in [-0.2, 0) is 6.54 Å². The van der Waals surface area contributed by atoms with Crippen molar-refractivity contribution in [3.05, 3.63) is 29.6 Å². The fourth-order valence-corrected chi connectivity index (χ4v) is 1.58. The van der Waals surface area contributed by atoms with Gasteiger partial charge in [-0.3, -0.25) is 4.98 Å². The van der Waals surface area contributed by atoms with Crippen LogP contribution < -0.4 is 5.32 Å². The fraction of sp³-hybridized carbons (Fsp3) is 0.538. The third kappa shape index (κ3) is 5.13. The molecule has 0 fully saturated rings. The first-order chi connectivity index (χ1) is 7.99. The number of nitrogens with zero attached hydrogens (tertiary/aromatic N) is 2. The fourth-order valence-electron chi connectivity index (χ4n) is 1.43. The van der Waals surface area contributed by atoms with Gasteiger partial charge in [0, 0.05) is 19.3 Å². The van der Waals surface area contributed by atoms with Crippen molar-refractivity contribution in [3.63, 3.8) is 0 Å². The quantitative estimate of drug-likeness (QED) is 0.832. The molecule has 0 bridgehead atoms. The molecule has 0 aliphatic rings. The van der Waals surface area contributed by atoms with E-state index in [9.17, 15) is 0 Å². The molecule has 0 aromatic carbocycles. The van der Waals surface area contributed by atoms with Crippen LogP contribution in [0.2, 0.25) is 0 Å². The molecule has 0 radical (unpaired) electrons. The minimum Gasteiger partial charge on any atom is -0.362 e. The van der Waals surface area contributed by atoms with Crippen molar-refractivity contribution < 1.29 is 0 Å². The van der Waals surface area contributed by atoms with Crippen LogP contribution in [0, 0.1) is 12.8 Å². The second kappa shape index (κ2) is 6.55. The maximum atomic E-state index is 5.31. The van der Waals surface area contributed by atoms with Crippen LogP contribution in [0.4, 0.5) is 0 Å². The number of hydrogen-bond acceptors (Lipinski definition) is 2. The van der Waals surface area contributed by atoms with Crippen LogP contribution in [0.1, 0.15) is 25.2 Å². The molecule has 1 heterocycles. The summed E-state index contributed by atoms with van der Waals surface area (Å²) in [6.07, 6.45) is 0. The summed E-state index contributed by atoms with van der Waals surface area (Å²) in [4.78, 5) is 6.48. The van der Waals surface area contributed by atoms with Crippen molar-refractivity contribution in [2.45, 2.75) is 27.3 Å². The van der Waals surface area contributed by atoms with Crippen LogP contribution in [0.3, 0.4) is 0 Å². The molecule has 0 saturated heterocycles. The van der Waals surface area contributed by atoms with E-state index in [0.29, 0.717) is 5.92 Å². The van der Waals surface area contributed by atoms with Crippen LogP contribution in [0.25, 0.3) is 0 Å². The molecule has 0 saturated carbocycles. The summed E-state index contributed by atoms with van der Waals surface area (Å²) in [5.74, 6) is 0.596. The summed E-state index contributed by atoms with van der Waals surface area (Å²) in [7, 11) is 1.99. The van der Waals surface area contributed by atoms with Crippen molar-refractivity contribution in [2.24, 2.45) is 5.92 Å². The Labute approximate surface area is 109 Å². The molecule has 1 aromatic heterocycles. The van der Waals surface area contributed by atoms with Gasteiger partial charge in [-0.15, -0.1) is 0 Å². The second-order valence-corrected chi connectivity index (χ2v) is 5.09. The maximum absolute atomic E-state index is 5.31. The molecule has 0 aliphatic heterocycles. The highest BCUT2D eigenvalue weighted by atomic mass is 32.1. The predicted octanol–water partition coefficient (Wildman–Crippen LogP) is 2.35. The third-order valence-corrected chi connectivity index (χ3v) is 2.81. The molecule has 1 N–H and O–H groups in total. The van der Waals surface area contributed by atoms with E-state index in [1.54, 1.807) is 0 Å². The zero-order valence-electron chi connectivity index (χ0n) is 11.0. The smallest absolute Gasteiger partial charge is 0.169 e. The van der Waals surface area contributed by atoms with E-state index in [2.05, 4.69) is 24.1 Å². The molecule has 0 amide bonds. The zero-order chi connectivity index (χ0) is 12.8. The van der Waals surface area contributed by atoms with Crippen LogP contribution >= 0.6 is 12.2 Å². The summed E-state index contributed by atoms with van der Waals surface area (Å²) in [6, 6.07) is 6.05. The summed E-state index contributed by atoms with van der Waals surface area (Å²) in [5.41, 5.74) is 2.08. The Hall–Kier alpha value is -1.16. The van der Waals surface area contributed by atoms with Gasteiger partial charge in [-0.2, -0.15) is 0 Å². The van der Waals surface area contributed by atoms with E-state index in [-0.39, 0.29) is 0 Å². The standard InChI is InChI=1S/C13H21N3S/c1-10(2)8-14-13(17)16(4)9-12-7-5-6-11(3)15-12/h5-7,10H,8-9H2,1-4H3,(H,14,17). The second-order valence-electron chi connectivity index (χ2n) is 4.71. The number of hydrogen-bond donors (Lipinski definition) is 1. The van der Waals surface area contributed by atoms with Crippen LogP contribution in [0.5, 0.6) is 0 Å². The average Bonchev–Trinajstić information content (AvgIpc) is 2.25. The van der Waals surface area contributed by atoms with Gasteiger partial charge in [0.05, 0.1) is 12.2 Å². The SMILES string of the molecule is Cc1cccc(CN(C)C(=S)NCC(C)C)n1. The molecular weight excluding hydrogens is 230 g/mol. The maximum Gasteiger partial charge on any atom is 0.169 e. The van der Waals surface area contributed by atoms with Crippen molar-refractivity contribution in [3.8, 4) is 0 Å². The number of aromatic nitrogens is 1. The van der Waals surface area contributed by atoms with Crippen molar-refractivity contribution >= 4 is 17.3 Å². The van der Waals surface area contributed by atoms with Crippen LogP contribution in [0.15, 0.2) is 18.2 Å². The van der Waals surface area contributed by atoms with Gasteiger partial charge >= 0.3 is 0 Å². The zero-order valence-corrected chi connectivity index (χ0v) is 11.8. The van der Waals surface area contributed by atoms with Gasteiger partial charge in [0.25, 0.3) is 0 Å². The highest BCUT2D eigenvalue weighted by Crippen LogP contribution is 2.02. The first-order valence-corrected chi connectivity index (χ1v) is 6.31. The first kappa shape index (κ1) is 13.9. The van der Waals surface area contributed by atoms with Crippen molar-refractivity contribution in [1.82, 2.24) is 15.2 Å². The Balaban J connectivity index is 2.48. The van der Waals surface area contributed by atoms with Gasteiger partial charge in [0.15, 0.2) is 5.11 Å². The summed E-state index contributed by atoms with van der Waals surface area (Å²) in [5, 5.41) is 4.03. The largest absolute Gasteiger partial charge is 0.362 e. The van der Waals surface area contributed by atoms with Gasteiger partial charge in [-0.05, 0) is 37.2 Å². The van der Waals surface area contributed by atoms with Gasteiger partial charge in [-0.25, -0.2) is 0 Å². The minimum absolute atomic E-state index is 0.596. The molecule has 0 spiro atoms. The lowest BCUT2D eigenvalue weighted by Crippen LogP contribution is -2.38. The van der Waals surface area contributed by atoms with Crippen molar-refractivity contribution in [1.29, 1.82) is 0 Å². The topological polar surface area (TPSA) is 28.2 Å². The summed E-state index contributed by atoms with van der Waals surface area (Å²) >= 11 is 5.31. The van der Waals surface area contributed by atoms with E-state index >= 15 is 0 Å². The molecule has 1 rings (SSSR count). The van der Waals surface area contributed by atoms with E-state index in [0.717, 1.165) is 29.6 Å². The Morgan fingerprint density at radius 3 is 2.76 bits per heavy atom. The third-order valence-electron chi connectivity index (χ3n) is 2.35. The monoisotopic (exact) mass is 251 g/mol. The number of nitrogens with one attached hydrogen (secondary N) is 1. The van der Waals surface area contributed by atoms with Gasteiger partial charge in [0.2, 0.25) is 0 Å². The Bertz CT molecular complexity index is 377. The number of aryl methyl sites for hydroxylation is 1. The summed E-state index contributed by atoms with van der Waals surface area (Å²) < 4.78 is 0. The lowest BCUT2D eigenvalue weighted by Gasteiger charge is -2.21. The van der Waals surface area contributed by atoms with E-state index in [1.807, 2.05) is 37.1 Å². The molecule has 4 heteroatoms. The highest BCUT2D eigenvalue weighted by molar-refractivity contribution is 7.80. The molecule has 0 unspecified atom stereocenters. The molecular formula is C13H21N3S. The number of thiocarbonyl (C=S) groups is 1. The van der Waals surface area contributed by atoms with Gasteiger partial charge < -0.3 is 10.2 Å². The molecule has 0 aliphatic carbocycles. The van der Waals surface area contributed by atoms with E-state index in [1.165, 1.54) is 0 Å². The molecule has 17 heavy (non-hydrogen) atoms. The van der Waals surface area contributed by atoms with Crippen molar-refractivity contribution in [2.75, 3.05) is 13.6 Å². The van der Waals surface area contributed by atoms with E-state index < -0.39 is 0 Å². The predicted molar refractivity (Wildman–Crippen MR) is 75.9 cm³/mol. The van der Waals surface area contributed by atoms with Crippen LogP contribution in [-0.4, -0.2) is 28.6 Å². The minimum atomic E-state index is 0.596. The summed E-state index contributed by atoms with van der Waals surface area (Å²) in [6.45, 7) is 7.98. The normalized spacial score (nSPS) is 10.4. The Morgan fingerprint density at radius 2 is 2.18 bits per heavy atom. The molecule has 3 nitrogen and oxygen atoms in total. The molecule has 0 atom stereocenters. The van der Waals surface area contributed by atoms with Gasteiger partial charge in [-0.1, -0.05) is 19.9 Å². The number of pyridine rings is 1. The molecule has 94 valence electrons.